The number of benzene rings is 1. The van der Waals surface area contributed by atoms with E-state index in [0.29, 0.717) is 11.4 Å². The molecule has 6 nitrogen and oxygen atoms in total. The van der Waals surface area contributed by atoms with E-state index < -0.39 is 9.84 Å². The van der Waals surface area contributed by atoms with Gasteiger partial charge in [-0.25, -0.2) is 8.42 Å². The van der Waals surface area contributed by atoms with Gasteiger partial charge in [-0.3, -0.25) is 4.79 Å². The topological polar surface area (TPSA) is 89.7 Å². The minimum absolute atomic E-state index is 0.0364. The van der Waals surface area contributed by atoms with Crippen molar-refractivity contribution in [2.75, 3.05) is 37.9 Å². The summed E-state index contributed by atoms with van der Waals surface area (Å²) in [6, 6.07) is 6.95. The second kappa shape index (κ2) is 7.14. The molecule has 1 amide bonds. The van der Waals surface area contributed by atoms with Gasteiger partial charge in [0.2, 0.25) is 5.91 Å². The number of nitrogens with two attached hydrogens (primary N) is 1. The Hall–Kier alpha value is -1.76. The van der Waals surface area contributed by atoms with Crippen LogP contribution in [0, 0.1) is 0 Å². The fraction of sp³-hybridized carbons (Fsp3) is 0.462. The standard InChI is InChI=1S/C13H20N2O4S/c1-15(7-9-20(2,17)18)13(16)6-8-19-12-5-3-4-11(14)10-12/h3-5,10H,6-9,14H2,1-2H3. The lowest BCUT2D eigenvalue weighted by molar-refractivity contribution is -0.130. The Kier molecular flexibility index (Phi) is 5.82. The monoisotopic (exact) mass is 300 g/mol. The average molecular weight is 300 g/mol. The SMILES string of the molecule is CN(CCS(C)(=O)=O)C(=O)CCOc1cccc(N)c1. The summed E-state index contributed by atoms with van der Waals surface area (Å²) in [6.45, 7) is 0.418. The Morgan fingerprint density at radius 2 is 2.10 bits per heavy atom. The van der Waals surface area contributed by atoms with E-state index in [1.165, 1.54) is 4.90 Å². The maximum Gasteiger partial charge on any atom is 0.225 e. The number of ether oxygens (including phenoxy) is 1. The van der Waals surface area contributed by atoms with E-state index in [0.717, 1.165) is 6.26 Å². The van der Waals surface area contributed by atoms with E-state index in [2.05, 4.69) is 0 Å². The highest BCUT2D eigenvalue weighted by Crippen LogP contribution is 2.14. The zero-order valence-electron chi connectivity index (χ0n) is 11.7. The Balaban J connectivity index is 2.32. The average Bonchev–Trinajstić information content (AvgIpc) is 2.35. The van der Waals surface area contributed by atoms with Gasteiger partial charge in [0.25, 0.3) is 0 Å². The van der Waals surface area contributed by atoms with Gasteiger partial charge in [-0.2, -0.15) is 0 Å². The molecule has 0 atom stereocenters. The van der Waals surface area contributed by atoms with Crippen LogP contribution in [0.3, 0.4) is 0 Å². The first kappa shape index (κ1) is 16.3. The van der Waals surface area contributed by atoms with Crippen LogP contribution in [-0.4, -0.2) is 51.4 Å². The number of hydrogen-bond donors (Lipinski definition) is 1. The van der Waals surface area contributed by atoms with Gasteiger partial charge in [0.15, 0.2) is 0 Å². The molecule has 0 saturated carbocycles. The van der Waals surface area contributed by atoms with Crippen molar-refractivity contribution in [3.8, 4) is 5.75 Å². The highest BCUT2D eigenvalue weighted by atomic mass is 32.2. The quantitative estimate of drug-likeness (QED) is 0.742. The molecule has 0 bridgehead atoms. The van der Waals surface area contributed by atoms with E-state index in [9.17, 15) is 13.2 Å². The van der Waals surface area contributed by atoms with Gasteiger partial charge in [-0.15, -0.1) is 0 Å². The number of hydrogen-bond acceptors (Lipinski definition) is 5. The Morgan fingerprint density at radius 1 is 1.40 bits per heavy atom. The van der Waals surface area contributed by atoms with E-state index in [-0.39, 0.29) is 31.2 Å². The van der Waals surface area contributed by atoms with Gasteiger partial charge in [-0.05, 0) is 12.1 Å². The zero-order valence-corrected chi connectivity index (χ0v) is 12.5. The Morgan fingerprint density at radius 3 is 2.70 bits per heavy atom. The molecule has 0 radical (unpaired) electrons. The molecule has 0 spiro atoms. The van der Waals surface area contributed by atoms with Gasteiger partial charge in [0.1, 0.15) is 15.6 Å². The summed E-state index contributed by atoms with van der Waals surface area (Å²) in [5.74, 6) is 0.417. The molecule has 2 N–H and O–H groups in total. The number of nitrogen functional groups attached to an aromatic ring is 1. The third kappa shape index (κ3) is 6.42. The van der Waals surface area contributed by atoms with Crippen LogP contribution in [0.25, 0.3) is 0 Å². The van der Waals surface area contributed by atoms with Crippen molar-refractivity contribution in [1.82, 2.24) is 4.90 Å². The Labute approximate surface area is 119 Å². The maximum atomic E-state index is 11.7. The number of carbonyl (C=O) groups is 1. The normalized spacial score (nSPS) is 11.1. The summed E-state index contributed by atoms with van der Waals surface area (Å²) in [4.78, 5) is 13.1. The molecule has 0 saturated heterocycles. The van der Waals surface area contributed by atoms with Crippen LogP contribution in [-0.2, 0) is 14.6 Å². The summed E-state index contributed by atoms with van der Waals surface area (Å²) >= 11 is 0. The maximum absolute atomic E-state index is 11.7. The number of rotatable bonds is 7. The lowest BCUT2D eigenvalue weighted by Gasteiger charge is -2.16. The van der Waals surface area contributed by atoms with Gasteiger partial charge >= 0.3 is 0 Å². The van der Waals surface area contributed by atoms with Gasteiger partial charge < -0.3 is 15.4 Å². The fourth-order valence-corrected chi connectivity index (χ4v) is 2.08. The van der Waals surface area contributed by atoms with Crippen LogP contribution in [0.4, 0.5) is 5.69 Å². The molecule has 0 aliphatic carbocycles. The molecule has 1 aromatic rings. The van der Waals surface area contributed by atoms with Crippen LogP contribution < -0.4 is 10.5 Å². The minimum atomic E-state index is -3.06. The molecule has 0 unspecified atom stereocenters. The molecule has 0 aromatic heterocycles. The number of carbonyl (C=O) groups excluding carboxylic acids is 1. The van der Waals surface area contributed by atoms with E-state index in [4.69, 9.17) is 10.5 Å². The predicted octanol–water partition coefficient (Wildman–Crippen LogP) is 0.541. The van der Waals surface area contributed by atoms with Crippen molar-refractivity contribution in [3.05, 3.63) is 24.3 Å². The molecule has 0 aliphatic heterocycles. The van der Waals surface area contributed by atoms with Gasteiger partial charge in [-0.1, -0.05) is 6.07 Å². The van der Waals surface area contributed by atoms with Crippen LogP contribution in [0.1, 0.15) is 6.42 Å². The van der Waals surface area contributed by atoms with Crippen molar-refractivity contribution in [2.45, 2.75) is 6.42 Å². The molecule has 1 aromatic carbocycles. The first-order chi connectivity index (χ1) is 9.28. The molecule has 0 aliphatic rings. The number of nitrogens with zero attached hydrogens (tertiary/aromatic N) is 1. The number of amides is 1. The van der Waals surface area contributed by atoms with Crippen LogP contribution in [0.5, 0.6) is 5.75 Å². The minimum Gasteiger partial charge on any atom is -0.493 e. The van der Waals surface area contributed by atoms with E-state index in [1.807, 2.05) is 0 Å². The molecular formula is C13H20N2O4S. The summed E-state index contributed by atoms with van der Waals surface area (Å²) in [7, 11) is -1.48. The van der Waals surface area contributed by atoms with E-state index >= 15 is 0 Å². The third-order valence-corrected chi connectivity index (χ3v) is 3.59. The summed E-state index contributed by atoms with van der Waals surface area (Å²) < 4.78 is 27.4. The second-order valence-electron chi connectivity index (χ2n) is 4.62. The molecule has 7 heteroatoms. The lowest BCUT2D eigenvalue weighted by atomic mass is 10.3. The first-order valence-corrected chi connectivity index (χ1v) is 8.24. The number of anilines is 1. The van der Waals surface area contributed by atoms with Crippen LogP contribution >= 0.6 is 0 Å². The fourth-order valence-electron chi connectivity index (χ4n) is 1.48. The van der Waals surface area contributed by atoms with Crippen molar-refractivity contribution < 1.29 is 17.9 Å². The molecule has 0 heterocycles. The lowest BCUT2D eigenvalue weighted by Crippen LogP contribution is -2.32. The largest absolute Gasteiger partial charge is 0.493 e. The van der Waals surface area contributed by atoms with Gasteiger partial charge in [0.05, 0.1) is 18.8 Å². The summed E-state index contributed by atoms with van der Waals surface area (Å²) in [5, 5.41) is 0. The summed E-state index contributed by atoms with van der Waals surface area (Å²) in [5.41, 5.74) is 6.20. The van der Waals surface area contributed by atoms with Crippen molar-refractivity contribution in [1.29, 1.82) is 0 Å². The molecule has 112 valence electrons. The number of sulfone groups is 1. The smallest absolute Gasteiger partial charge is 0.225 e. The zero-order chi connectivity index (χ0) is 15.2. The molecule has 20 heavy (non-hydrogen) atoms. The van der Waals surface area contributed by atoms with Gasteiger partial charge in [0, 0.05) is 31.6 Å². The van der Waals surface area contributed by atoms with Crippen LogP contribution in [0.15, 0.2) is 24.3 Å². The highest BCUT2D eigenvalue weighted by Gasteiger charge is 2.11. The van der Waals surface area contributed by atoms with Crippen molar-refractivity contribution >= 4 is 21.4 Å². The molecule has 0 fully saturated rings. The molecule has 1 rings (SSSR count). The van der Waals surface area contributed by atoms with Crippen molar-refractivity contribution in [3.63, 3.8) is 0 Å². The summed E-state index contributed by atoms with van der Waals surface area (Å²) in [6.07, 6.45) is 1.34. The third-order valence-electron chi connectivity index (χ3n) is 2.67. The first-order valence-electron chi connectivity index (χ1n) is 6.18. The van der Waals surface area contributed by atoms with Crippen LogP contribution in [0.2, 0.25) is 0 Å². The van der Waals surface area contributed by atoms with E-state index in [1.54, 1.807) is 31.3 Å². The van der Waals surface area contributed by atoms with Crippen molar-refractivity contribution in [2.24, 2.45) is 0 Å². The molecular weight excluding hydrogens is 280 g/mol. The second-order valence-corrected chi connectivity index (χ2v) is 6.88. The highest BCUT2D eigenvalue weighted by molar-refractivity contribution is 7.90. The Bertz CT molecular complexity index is 557. The predicted molar refractivity (Wildman–Crippen MR) is 78.3 cm³/mol.